The van der Waals surface area contributed by atoms with Crippen molar-refractivity contribution in [3.05, 3.63) is 43.7 Å². The van der Waals surface area contributed by atoms with Crippen LogP contribution in [0, 0.1) is 0 Å². The lowest BCUT2D eigenvalue weighted by Crippen LogP contribution is -2.54. The minimum Gasteiger partial charge on any atom is -0.371 e. The Hall–Kier alpha value is -2.41. The predicted octanol–water partition coefficient (Wildman–Crippen LogP) is -0.159. The molecule has 2 saturated heterocycles. The Balaban J connectivity index is 1.51. The fourth-order valence-corrected chi connectivity index (χ4v) is 4.47. The van der Waals surface area contributed by atoms with Crippen LogP contribution in [0.4, 0.5) is 0 Å². The van der Waals surface area contributed by atoms with Gasteiger partial charge in [-0.2, -0.15) is 0 Å². The minimum atomic E-state index is -0.883. The van der Waals surface area contributed by atoms with Gasteiger partial charge in [0.15, 0.2) is 5.79 Å². The molecule has 0 spiro atoms. The first-order valence-electron chi connectivity index (χ1n) is 9.67. The average molecular weight is 437 g/mol. The van der Waals surface area contributed by atoms with E-state index >= 15 is 0 Å². The number of aromatic amines is 1. The van der Waals surface area contributed by atoms with Crippen molar-refractivity contribution in [3.63, 3.8) is 0 Å². The number of hydrogen-bond acceptors (Lipinski definition) is 9. The molecule has 0 aliphatic carbocycles. The zero-order valence-electron chi connectivity index (χ0n) is 16.8. The van der Waals surface area contributed by atoms with E-state index in [0.717, 1.165) is 11.5 Å². The molecule has 2 aromatic heterocycles. The minimum absolute atomic E-state index is 0.162. The quantitative estimate of drug-likeness (QED) is 0.658. The molecular weight excluding hydrogens is 414 g/mol. The van der Waals surface area contributed by atoms with E-state index in [4.69, 9.17) is 14.2 Å². The third kappa shape index (κ3) is 3.95. The third-order valence-corrected chi connectivity index (χ3v) is 5.93. The molecule has 0 unspecified atom stereocenters. The lowest BCUT2D eigenvalue weighted by atomic mass is 9.97. The van der Waals surface area contributed by atoms with E-state index in [2.05, 4.69) is 19.9 Å². The van der Waals surface area contributed by atoms with Gasteiger partial charge in [-0.1, -0.05) is 11.4 Å². The Morgan fingerprint density at radius 1 is 1.37 bits per heavy atom. The summed E-state index contributed by atoms with van der Waals surface area (Å²) < 4.78 is 23.3. The van der Waals surface area contributed by atoms with Crippen LogP contribution >= 0.6 is 11.5 Å². The molecule has 2 aliphatic rings. The monoisotopic (exact) mass is 437 g/mol. The van der Waals surface area contributed by atoms with Gasteiger partial charge in [-0.15, -0.1) is 5.10 Å². The van der Waals surface area contributed by atoms with Crippen LogP contribution in [0.1, 0.15) is 42.2 Å². The highest BCUT2D eigenvalue weighted by atomic mass is 32.1. The summed E-state index contributed by atoms with van der Waals surface area (Å²) in [5.41, 5.74) is -0.364. The Morgan fingerprint density at radius 3 is 2.87 bits per heavy atom. The summed E-state index contributed by atoms with van der Waals surface area (Å²) in [6.07, 6.45) is 0.566. The highest BCUT2D eigenvalue weighted by Crippen LogP contribution is 2.39. The Morgan fingerprint density at radius 2 is 2.13 bits per heavy atom. The summed E-state index contributed by atoms with van der Waals surface area (Å²) in [6, 6.07) is 0.795. The number of H-pyrrole nitrogens is 1. The zero-order chi connectivity index (χ0) is 21.5. The number of rotatable bonds is 5. The van der Waals surface area contributed by atoms with Gasteiger partial charge in [0.05, 0.1) is 18.3 Å². The molecule has 4 heterocycles. The molecular formula is C18H23N5O6S. The first kappa shape index (κ1) is 20.8. The summed E-state index contributed by atoms with van der Waals surface area (Å²) in [5, 5.41) is 6.81. The maximum Gasteiger partial charge on any atom is 0.328 e. The van der Waals surface area contributed by atoms with Crippen LogP contribution in [0.2, 0.25) is 0 Å². The molecule has 12 heteroatoms. The van der Waals surface area contributed by atoms with Gasteiger partial charge in [0.25, 0.3) is 11.5 Å². The number of ether oxygens (including phenoxy) is 3. The van der Waals surface area contributed by atoms with E-state index in [1.54, 1.807) is 13.8 Å². The van der Waals surface area contributed by atoms with Crippen molar-refractivity contribution >= 4 is 17.4 Å². The maximum atomic E-state index is 12.5. The average Bonchev–Trinajstić information content (AvgIpc) is 3.29. The van der Waals surface area contributed by atoms with Crippen molar-refractivity contribution in [2.45, 2.75) is 57.3 Å². The van der Waals surface area contributed by atoms with Crippen LogP contribution in [0.5, 0.6) is 0 Å². The van der Waals surface area contributed by atoms with Crippen LogP contribution < -0.4 is 16.6 Å². The molecule has 0 saturated carbocycles. The molecule has 30 heavy (non-hydrogen) atoms. The van der Waals surface area contributed by atoms with E-state index < -0.39 is 41.4 Å². The second kappa shape index (κ2) is 8.02. The first-order chi connectivity index (χ1) is 14.3. The van der Waals surface area contributed by atoms with Crippen molar-refractivity contribution < 1.29 is 19.0 Å². The van der Waals surface area contributed by atoms with Gasteiger partial charge >= 0.3 is 5.69 Å². The van der Waals surface area contributed by atoms with Gasteiger partial charge in [0.2, 0.25) is 0 Å². The summed E-state index contributed by atoms with van der Waals surface area (Å²) >= 11 is 1.05. The largest absolute Gasteiger partial charge is 0.371 e. The van der Waals surface area contributed by atoms with Crippen LogP contribution in [-0.2, 0) is 20.6 Å². The Labute approximate surface area is 175 Å². The van der Waals surface area contributed by atoms with Crippen molar-refractivity contribution in [1.29, 1.82) is 0 Å². The number of carbonyl (C=O) groups excluding carboxylic acids is 1. The number of aromatic nitrogens is 4. The molecule has 4 atom stereocenters. The third-order valence-electron chi connectivity index (χ3n) is 5.16. The SMILES string of the molecule is CCc1nnsc1C(=O)NC[C@H]1OC[C@@H](n2ccc(=O)[nH]c2=O)[C@@H]2OC(C)(C)O[C@@H]21. The number of aryl methyl sites for hydroxylation is 1. The fraction of sp³-hybridized carbons (Fsp3) is 0.611. The molecule has 11 nitrogen and oxygen atoms in total. The van der Waals surface area contributed by atoms with Crippen molar-refractivity contribution in [1.82, 2.24) is 24.5 Å². The smallest absolute Gasteiger partial charge is 0.328 e. The van der Waals surface area contributed by atoms with Gasteiger partial charge in [-0.25, -0.2) is 4.79 Å². The Bertz CT molecular complexity index is 1050. The topological polar surface area (TPSA) is 137 Å². The number of fused-ring (bicyclic) bond motifs is 1. The molecule has 0 radical (unpaired) electrons. The number of amides is 1. The van der Waals surface area contributed by atoms with E-state index in [1.807, 2.05) is 6.92 Å². The summed E-state index contributed by atoms with van der Waals surface area (Å²) in [5.74, 6) is -1.15. The van der Waals surface area contributed by atoms with E-state index in [9.17, 15) is 14.4 Å². The second-order valence-electron chi connectivity index (χ2n) is 7.63. The van der Waals surface area contributed by atoms with E-state index in [1.165, 1.54) is 16.8 Å². The standard InChI is InChI=1S/C18H23N5O6S/c1-4-9-15(30-22-21-9)16(25)19-7-11-14-13(28-18(2,3)29-14)10(8-27-11)23-6-5-12(24)20-17(23)26/h5-6,10-11,13-14H,4,7-8H2,1-3H3,(H,19,25)(H,20,24,26)/t10-,11-,13+,14-/m1/s1. The summed E-state index contributed by atoms with van der Waals surface area (Å²) in [7, 11) is 0. The van der Waals surface area contributed by atoms with Crippen LogP contribution in [0.3, 0.4) is 0 Å². The van der Waals surface area contributed by atoms with Gasteiger partial charge in [0.1, 0.15) is 23.2 Å². The van der Waals surface area contributed by atoms with Gasteiger partial charge in [0, 0.05) is 18.8 Å². The number of nitrogens with zero attached hydrogens (tertiary/aromatic N) is 3. The van der Waals surface area contributed by atoms with Crippen molar-refractivity contribution in [3.8, 4) is 0 Å². The van der Waals surface area contributed by atoms with Crippen LogP contribution in [0.15, 0.2) is 21.9 Å². The highest BCUT2D eigenvalue weighted by Gasteiger charge is 2.52. The number of carbonyl (C=O) groups is 1. The molecule has 0 aromatic carbocycles. The number of hydrogen-bond donors (Lipinski definition) is 2. The second-order valence-corrected chi connectivity index (χ2v) is 8.39. The lowest BCUT2D eigenvalue weighted by molar-refractivity contribution is -0.153. The summed E-state index contributed by atoms with van der Waals surface area (Å²) in [6.45, 7) is 5.84. The lowest BCUT2D eigenvalue weighted by Gasteiger charge is -2.37. The molecule has 2 fully saturated rings. The molecule has 4 rings (SSSR count). The van der Waals surface area contributed by atoms with Crippen LogP contribution in [0.25, 0.3) is 0 Å². The first-order valence-corrected chi connectivity index (χ1v) is 10.4. The molecule has 2 N–H and O–H groups in total. The zero-order valence-corrected chi connectivity index (χ0v) is 17.6. The van der Waals surface area contributed by atoms with Crippen LogP contribution in [-0.4, -0.2) is 62.3 Å². The normalized spacial score (nSPS) is 27.6. The summed E-state index contributed by atoms with van der Waals surface area (Å²) in [4.78, 5) is 38.9. The predicted molar refractivity (Wildman–Crippen MR) is 106 cm³/mol. The van der Waals surface area contributed by atoms with Gasteiger partial charge in [-0.05, 0) is 31.8 Å². The molecule has 1 amide bonds. The van der Waals surface area contributed by atoms with Crippen molar-refractivity contribution in [2.24, 2.45) is 0 Å². The van der Waals surface area contributed by atoms with Gasteiger partial charge in [-0.3, -0.25) is 19.1 Å². The van der Waals surface area contributed by atoms with E-state index in [-0.39, 0.29) is 19.1 Å². The highest BCUT2D eigenvalue weighted by molar-refractivity contribution is 7.08. The molecule has 0 bridgehead atoms. The van der Waals surface area contributed by atoms with E-state index in [0.29, 0.717) is 17.0 Å². The molecule has 2 aliphatic heterocycles. The number of nitrogens with one attached hydrogen (secondary N) is 2. The molecule has 2 aromatic rings. The van der Waals surface area contributed by atoms with Gasteiger partial charge < -0.3 is 19.5 Å². The van der Waals surface area contributed by atoms with Crippen molar-refractivity contribution in [2.75, 3.05) is 13.2 Å². The fourth-order valence-electron chi connectivity index (χ4n) is 3.80. The molecule has 162 valence electrons. The maximum absolute atomic E-state index is 12.5. The Kier molecular flexibility index (Phi) is 5.57.